The number of aryl methyl sites for hydroxylation is 2. The van der Waals surface area contributed by atoms with E-state index in [9.17, 15) is 8.42 Å². The fourth-order valence-electron chi connectivity index (χ4n) is 2.85. The summed E-state index contributed by atoms with van der Waals surface area (Å²) in [6.07, 6.45) is 0.873. The first-order chi connectivity index (χ1) is 13.2. The minimum absolute atomic E-state index is 0.0845. The van der Waals surface area contributed by atoms with Crippen LogP contribution in [0.15, 0.2) is 29.3 Å². The third kappa shape index (κ3) is 5.70. The number of sulfone groups is 1. The van der Waals surface area contributed by atoms with Gasteiger partial charge in [0.05, 0.1) is 21.5 Å². The van der Waals surface area contributed by atoms with Crippen molar-refractivity contribution in [3.8, 4) is 0 Å². The lowest BCUT2D eigenvalue weighted by Gasteiger charge is -2.19. The van der Waals surface area contributed by atoms with Crippen LogP contribution in [0.25, 0.3) is 11.0 Å². The molecule has 0 fully saturated rings. The van der Waals surface area contributed by atoms with Gasteiger partial charge in [0.25, 0.3) is 0 Å². The molecule has 0 saturated carbocycles. The first kappa shape index (κ1) is 22.2. The average molecular weight is 408 g/mol. The Morgan fingerprint density at radius 1 is 1.21 bits per heavy atom. The fourth-order valence-corrected chi connectivity index (χ4v) is 3.83. The van der Waals surface area contributed by atoms with Crippen LogP contribution in [0.4, 0.5) is 0 Å². The summed E-state index contributed by atoms with van der Waals surface area (Å²) in [5, 5.41) is 6.29. The Kier molecular flexibility index (Phi) is 7.46. The molecule has 0 atom stereocenters. The number of aromatic nitrogens is 2. The fraction of sp³-hybridized carbons (Fsp3) is 0.600. The summed E-state index contributed by atoms with van der Waals surface area (Å²) >= 11 is 0. The summed E-state index contributed by atoms with van der Waals surface area (Å²) in [7, 11) is -3.14. The third-order valence-corrected chi connectivity index (χ3v) is 7.20. The lowest BCUT2D eigenvalue weighted by atomic mass is 10.3. The van der Waals surface area contributed by atoms with Crippen LogP contribution in [0, 0.1) is 6.92 Å². The van der Waals surface area contributed by atoms with Crippen molar-refractivity contribution in [1.29, 1.82) is 0 Å². The molecule has 0 unspecified atom stereocenters. The van der Waals surface area contributed by atoms with Gasteiger partial charge in [-0.05, 0) is 53.2 Å². The zero-order chi connectivity index (χ0) is 20.8. The number of aliphatic imine (C=N–C) groups is 1. The molecule has 0 aliphatic heterocycles. The Balaban J connectivity index is 1.89. The number of nitrogens with one attached hydrogen (secondary N) is 2. The molecule has 7 nitrogen and oxygen atoms in total. The summed E-state index contributed by atoms with van der Waals surface area (Å²) in [6, 6.07) is 8.13. The van der Waals surface area contributed by atoms with Gasteiger partial charge in [0, 0.05) is 26.2 Å². The van der Waals surface area contributed by atoms with E-state index >= 15 is 0 Å². The molecule has 1 aromatic carbocycles. The average Bonchev–Trinajstić information content (AvgIpc) is 2.93. The smallest absolute Gasteiger partial charge is 0.191 e. The number of rotatable bonds is 8. The highest BCUT2D eigenvalue weighted by Crippen LogP contribution is 2.16. The van der Waals surface area contributed by atoms with Crippen molar-refractivity contribution >= 4 is 26.8 Å². The second-order valence-electron chi connectivity index (χ2n) is 7.77. The molecule has 0 aliphatic rings. The lowest BCUT2D eigenvalue weighted by Crippen LogP contribution is -2.41. The van der Waals surface area contributed by atoms with Crippen molar-refractivity contribution < 1.29 is 8.42 Å². The van der Waals surface area contributed by atoms with E-state index in [1.807, 2.05) is 32.0 Å². The number of fused-ring (bicyclic) bond motifs is 1. The standard InChI is InChI=1S/C20H33N5O2S/c1-6-21-19(23-13-15-28(26,27)20(3,4)5)22-12-9-14-25-16(2)24-17-10-7-8-11-18(17)25/h7-8,10-11H,6,9,12-15H2,1-5H3,(H2,21,22,23). The summed E-state index contributed by atoms with van der Waals surface area (Å²) in [4.78, 5) is 9.16. The Labute approximate surface area is 168 Å². The first-order valence-electron chi connectivity index (χ1n) is 9.82. The maximum absolute atomic E-state index is 12.2. The highest BCUT2D eigenvalue weighted by atomic mass is 32.2. The summed E-state index contributed by atoms with van der Waals surface area (Å²) in [6.45, 7) is 11.7. The van der Waals surface area contributed by atoms with Crippen LogP contribution in [0.5, 0.6) is 0 Å². The van der Waals surface area contributed by atoms with E-state index in [1.165, 1.54) is 0 Å². The molecule has 0 spiro atoms. The number of imidazole rings is 1. The van der Waals surface area contributed by atoms with Crippen molar-refractivity contribution in [2.75, 3.05) is 25.4 Å². The van der Waals surface area contributed by atoms with Crippen molar-refractivity contribution in [3.63, 3.8) is 0 Å². The van der Waals surface area contributed by atoms with Gasteiger partial charge in [-0.15, -0.1) is 0 Å². The van der Waals surface area contributed by atoms with Crippen LogP contribution < -0.4 is 10.6 Å². The van der Waals surface area contributed by atoms with Gasteiger partial charge < -0.3 is 15.2 Å². The second-order valence-corrected chi connectivity index (χ2v) is 10.6. The van der Waals surface area contributed by atoms with Crippen molar-refractivity contribution in [3.05, 3.63) is 30.1 Å². The summed E-state index contributed by atoms with van der Waals surface area (Å²) in [5.74, 6) is 1.74. The molecule has 156 valence electrons. The van der Waals surface area contributed by atoms with E-state index in [-0.39, 0.29) is 5.75 Å². The van der Waals surface area contributed by atoms with E-state index in [1.54, 1.807) is 20.8 Å². The van der Waals surface area contributed by atoms with Crippen molar-refractivity contribution in [1.82, 2.24) is 20.2 Å². The van der Waals surface area contributed by atoms with Gasteiger partial charge in [-0.25, -0.2) is 13.4 Å². The maximum Gasteiger partial charge on any atom is 0.191 e. The van der Waals surface area contributed by atoms with Gasteiger partial charge in [0.2, 0.25) is 0 Å². The van der Waals surface area contributed by atoms with E-state index in [0.717, 1.165) is 36.4 Å². The van der Waals surface area contributed by atoms with E-state index in [0.29, 0.717) is 19.0 Å². The number of benzene rings is 1. The molecule has 1 aromatic heterocycles. The number of hydrogen-bond acceptors (Lipinski definition) is 4. The number of para-hydroxylation sites is 2. The van der Waals surface area contributed by atoms with E-state index < -0.39 is 14.6 Å². The van der Waals surface area contributed by atoms with Crippen LogP contribution in [0.2, 0.25) is 0 Å². The van der Waals surface area contributed by atoms with Crippen LogP contribution >= 0.6 is 0 Å². The van der Waals surface area contributed by atoms with Gasteiger partial charge in [-0.3, -0.25) is 4.99 Å². The van der Waals surface area contributed by atoms with E-state index in [2.05, 4.69) is 31.2 Å². The van der Waals surface area contributed by atoms with Crippen molar-refractivity contribution in [2.24, 2.45) is 4.99 Å². The third-order valence-electron chi connectivity index (χ3n) is 4.60. The van der Waals surface area contributed by atoms with Gasteiger partial charge >= 0.3 is 0 Å². The molecule has 8 heteroatoms. The molecular formula is C20H33N5O2S. The summed E-state index contributed by atoms with van der Waals surface area (Å²) < 4.78 is 25.9. The molecule has 0 radical (unpaired) electrons. The first-order valence-corrected chi connectivity index (χ1v) is 11.5. The second kappa shape index (κ2) is 9.41. The van der Waals surface area contributed by atoms with Crippen molar-refractivity contribution in [2.45, 2.75) is 52.3 Å². The van der Waals surface area contributed by atoms with Crippen LogP contribution in [0.1, 0.15) is 39.9 Å². The minimum Gasteiger partial charge on any atom is -0.357 e. The topological polar surface area (TPSA) is 88.4 Å². The Morgan fingerprint density at radius 2 is 1.93 bits per heavy atom. The molecule has 0 amide bonds. The zero-order valence-corrected chi connectivity index (χ0v) is 18.4. The van der Waals surface area contributed by atoms with Gasteiger partial charge in [0.1, 0.15) is 5.82 Å². The number of guanidine groups is 1. The molecule has 0 saturated heterocycles. The normalized spacial score (nSPS) is 13.1. The van der Waals surface area contributed by atoms with Crippen LogP contribution in [0.3, 0.4) is 0 Å². The Hall–Kier alpha value is -2.09. The molecule has 28 heavy (non-hydrogen) atoms. The number of nitrogens with zero attached hydrogens (tertiary/aromatic N) is 3. The quantitative estimate of drug-likeness (QED) is 0.399. The molecule has 2 N–H and O–H groups in total. The highest BCUT2D eigenvalue weighted by Gasteiger charge is 2.28. The predicted molar refractivity (Wildman–Crippen MR) is 117 cm³/mol. The largest absolute Gasteiger partial charge is 0.357 e. The van der Waals surface area contributed by atoms with E-state index in [4.69, 9.17) is 0 Å². The molecule has 1 heterocycles. The number of hydrogen-bond donors (Lipinski definition) is 2. The molecule has 0 bridgehead atoms. The highest BCUT2D eigenvalue weighted by molar-refractivity contribution is 7.92. The molecular weight excluding hydrogens is 374 g/mol. The van der Waals surface area contributed by atoms with Gasteiger partial charge in [-0.2, -0.15) is 0 Å². The summed E-state index contributed by atoms with van der Waals surface area (Å²) in [5.41, 5.74) is 2.15. The minimum atomic E-state index is -3.14. The van der Waals surface area contributed by atoms with Gasteiger partial charge in [-0.1, -0.05) is 12.1 Å². The monoisotopic (exact) mass is 407 g/mol. The molecule has 0 aliphatic carbocycles. The zero-order valence-electron chi connectivity index (χ0n) is 17.6. The van der Waals surface area contributed by atoms with Crippen LogP contribution in [-0.4, -0.2) is 54.1 Å². The molecule has 2 aromatic rings. The molecule has 2 rings (SSSR count). The Bertz CT molecular complexity index is 910. The lowest BCUT2D eigenvalue weighted by molar-refractivity contribution is 0.559. The van der Waals surface area contributed by atoms with Gasteiger partial charge in [0.15, 0.2) is 15.8 Å². The SMILES string of the molecule is CCNC(=NCCCn1c(C)nc2ccccc21)NCCS(=O)(=O)C(C)(C)C. The predicted octanol–water partition coefficient (Wildman–Crippen LogP) is 2.50. The maximum atomic E-state index is 12.2. The van der Waals surface area contributed by atoms with Crippen LogP contribution in [-0.2, 0) is 16.4 Å². The Morgan fingerprint density at radius 3 is 2.61 bits per heavy atom.